The lowest BCUT2D eigenvalue weighted by atomic mass is 10.1. The highest BCUT2D eigenvalue weighted by atomic mass is 79.9. The molecule has 0 aliphatic carbocycles. The van der Waals surface area contributed by atoms with E-state index in [-0.39, 0.29) is 5.91 Å². The molecular weight excluding hydrogens is 324 g/mol. The number of rotatable bonds is 2. The molecule has 2 rings (SSSR count). The van der Waals surface area contributed by atoms with Crippen molar-refractivity contribution in [1.29, 1.82) is 0 Å². The van der Waals surface area contributed by atoms with Crippen LogP contribution < -0.4 is 0 Å². The maximum atomic E-state index is 11.8. The van der Waals surface area contributed by atoms with Gasteiger partial charge in [-0.25, -0.2) is 4.79 Å². The van der Waals surface area contributed by atoms with E-state index in [1.165, 1.54) is 0 Å². The average Bonchev–Trinajstić information content (AvgIpc) is 2.45. The van der Waals surface area contributed by atoms with Crippen molar-refractivity contribution in [1.82, 2.24) is 4.90 Å². The Morgan fingerprint density at radius 3 is 2.60 bits per heavy atom. The lowest BCUT2D eigenvalue weighted by Gasteiger charge is -2.25. The molecule has 0 saturated carbocycles. The molecule has 0 unspecified atom stereocenters. The Morgan fingerprint density at radius 2 is 2.00 bits per heavy atom. The van der Waals surface area contributed by atoms with E-state index in [9.17, 15) is 9.59 Å². The van der Waals surface area contributed by atoms with Crippen molar-refractivity contribution in [2.45, 2.75) is 19.8 Å². The summed E-state index contributed by atoms with van der Waals surface area (Å²) in [6.07, 6.45) is 1.29. The second kappa shape index (κ2) is 6.65. The normalized spacial score (nSPS) is 14.9. The lowest BCUT2D eigenvalue weighted by molar-refractivity contribution is -0.128. The highest BCUT2D eigenvalue weighted by Crippen LogP contribution is 2.13. The summed E-state index contributed by atoms with van der Waals surface area (Å²) < 4.78 is 0.814. The van der Waals surface area contributed by atoms with Gasteiger partial charge in [0.05, 0.1) is 11.3 Å². The fourth-order valence-electron chi connectivity index (χ4n) is 1.95. The summed E-state index contributed by atoms with van der Waals surface area (Å²) in [5, 5.41) is 3.90. The van der Waals surface area contributed by atoms with Crippen LogP contribution in [0, 0.1) is 0 Å². The molecule has 1 aliphatic heterocycles. The summed E-state index contributed by atoms with van der Waals surface area (Å²) in [7, 11) is 0. The van der Waals surface area contributed by atoms with E-state index in [4.69, 9.17) is 4.84 Å². The predicted molar refractivity (Wildman–Crippen MR) is 78.5 cm³/mol. The van der Waals surface area contributed by atoms with Gasteiger partial charge in [-0.3, -0.25) is 4.79 Å². The minimum atomic E-state index is -0.479. The van der Waals surface area contributed by atoms with Crippen LogP contribution in [0.15, 0.2) is 33.9 Å². The topological polar surface area (TPSA) is 59.0 Å². The van der Waals surface area contributed by atoms with Crippen molar-refractivity contribution in [3.8, 4) is 0 Å². The molecule has 1 heterocycles. The van der Waals surface area contributed by atoms with Crippen molar-refractivity contribution in [3.63, 3.8) is 0 Å². The molecule has 0 aromatic heterocycles. The van der Waals surface area contributed by atoms with Crippen LogP contribution in [0.25, 0.3) is 0 Å². The van der Waals surface area contributed by atoms with Gasteiger partial charge in [-0.2, -0.15) is 0 Å². The van der Waals surface area contributed by atoms with Gasteiger partial charge in [0, 0.05) is 37.3 Å². The minimum Gasteiger partial charge on any atom is -0.342 e. The Labute approximate surface area is 125 Å². The molecule has 0 atom stereocenters. The minimum absolute atomic E-state index is 0.0650. The first-order valence-corrected chi connectivity index (χ1v) is 7.14. The first-order chi connectivity index (χ1) is 9.56. The lowest BCUT2D eigenvalue weighted by Crippen LogP contribution is -2.37. The van der Waals surface area contributed by atoms with Crippen molar-refractivity contribution in [3.05, 3.63) is 34.3 Å². The fourth-order valence-corrected chi connectivity index (χ4v) is 2.34. The molecule has 106 valence electrons. The maximum Gasteiger partial charge on any atom is 0.365 e. The van der Waals surface area contributed by atoms with Crippen LogP contribution in [-0.4, -0.2) is 35.6 Å². The molecule has 1 aromatic rings. The largest absolute Gasteiger partial charge is 0.365 e. The average molecular weight is 339 g/mol. The molecule has 0 radical (unpaired) electrons. The molecule has 1 fully saturated rings. The number of carbonyl (C=O) groups excluding carboxylic acids is 2. The van der Waals surface area contributed by atoms with Crippen LogP contribution in [-0.2, 0) is 9.63 Å². The molecule has 1 aliphatic rings. The number of hydrogen-bond donors (Lipinski definition) is 0. The van der Waals surface area contributed by atoms with E-state index in [0.29, 0.717) is 31.5 Å². The molecular formula is C14H15BrN2O3. The van der Waals surface area contributed by atoms with E-state index in [2.05, 4.69) is 21.1 Å². The number of nitrogens with zero attached hydrogens (tertiary/aromatic N) is 2. The van der Waals surface area contributed by atoms with Gasteiger partial charge in [-0.05, 0) is 18.2 Å². The van der Waals surface area contributed by atoms with Crippen LogP contribution in [0.4, 0.5) is 0 Å². The molecule has 20 heavy (non-hydrogen) atoms. The summed E-state index contributed by atoms with van der Waals surface area (Å²) in [5.41, 5.74) is 1.26. The van der Waals surface area contributed by atoms with Gasteiger partial charge in [0.25, 0.3) is 0 Å². The molecule has 0 spiro atoms. The van der Waals surface area contributed by atoms with Gasteiger partial charge in [-0.1, -0.05) is 27.2 Å². The number of piperidine rings is 1. The highest BCUT2D eigenvalue weighted by molar-refractivity contribution is 9.10. The zero-order valence-corrected chi connectivity index (χ0v) is 12.7. The van der Waals surface area contributed by atoms with E-state index in [1.54, 1.807) is 30.0 Å². The second-order valence-electron chi connectivity index (χ2n) is 4.55. The summed E-state index contributed by atoms with van der Waals surface area (Å²) in [6.45, 7) is 2.81. The van der Waals surface area contributed by atoms with Gasteiger partial charge in [0.15, 0.2) is 0 Å². The van der Waals surface area contributed by atoms with Crippen molar-refractivity contribution in [2.75, 3.05) is 13.1 Å². The van der Waals surface area contributed by atoms with Crippen LogP contribution in [0.2, 0.25) is 0 Å². The molecule has 5 nitrogen and oxygen atoms in total. The van der Waals surface area contributed by atoms with Crippen molar-refractivity contribution < 1.29 is 14.4 Å². The van der Waals surface area contributed by atoms with Gasteiger partial charge in [0.2, 0.25) is 5.91 Å². The SMILES string of the molecule is CC(=O)N1CCC(=NOC(=O)c2cccc(Br)c2)CC1. The van der Waals surface area contributed by atoms with Crippen molar-refractivity contribution in [2.24, 2.45) is 5.16 Å². The predicted octanol–water partition coefficient (Wildman–Crippen LogP) is 2.60. The molecule has 1 aromatic carbocycles. The maximum absolute atomic E-state index is 11.8. The summed E-state index contributed by atoms with van der Waals surface area (Å²) in [4.78, 5) is 29.7. The molecule has 6 heteroatoms. The van der Waals surface area contributed by atoms with Crippen molar-refractivity contribution >= 4 is 33.5 Å². The van der Waals surface area contributed by atoms with Crippen LogP contribution in [0.5, 0.6) is 0 Å². The Hall–Kier alpha value is -1.69. The summed E-state index contributed by atoms with van der Waals surface area (Å²) in [6, 6.07) is 6.95. The van der Waals surface area contributed by atoms with E-state index >= 15 is 0 Å². The number of benzene rings is 1. The van der Waals surface area contributed by atoms with Crippen LogP contribution in [0.3, 0.4) is 0 Å². The summed E-state index contributed by atoms with van der Waals surface area (Å²) in [5.74, 6) is -0.414. The smallest absolute Gasteiger partial charge is 0.342 e. The first kappa shape index (κ1) is 14.7. The Balaban J connectivity index is 1.90. The monoisotopic (exact) mass is 338 g/mol. The third kappa shape index (κ3) is 3.90. The van der Waals surface area contributed by atoms with E-state index in [0.717, 1.165) is 10.2 Å². The number of oxime groups is 1. The van der Waals surface area contributed by atoms with Gasteiger partial charge in [-0.15, -0.1) is 0 Å². The quantitative estimate of drug-likeness (QED) is 0.615. The van der Waals surface area contributed by atoms with E-state index < -0.39 is 5.97 Å². The zero-order chi connectivity index (χ0) is 14.5. The van der Waals surface area contributed by atoms with Crippen LogP contribution in [0.1, 0.15) is 30.1 Å². The third-order valence-electron chi connectivity index (χ3n) is 3.10. The molecule has 0 bridgehead atoms. The number of amides is 1. The standard InChI is InChI=1S/C14H15BrN2O3/c1-10(18)17-7-5-13(6-8-17)16-20-14(19)11-3-2-4-12(15)9-11/h2-4,9H,5-8H2,1H3. The number of halogens is 1. The second-order valence-corrected chi connectivity index (χ2v) is 5.47. The number of hydrogen-bond acceptors (Lipinski definition) is 4. The van der Waals surface area contributed by atoms with Gasteiger partial charge in [0.1, 0.15) is 0 Å². The van der Waals surface area contributed by atoms with Gasteiger partial charge >= 0.3 is 5.97 Å². The molecule has 1 saturated heterocycles. The molecule has 1 amide bonds. The first-order valence-electron chi connectivity index (χ1n) is 6.34. The third-order valence-corrected chi connectivity index (χ3v) is 3.60. The molecule has 0 N–H and O–H groups in total. The number of likely N-dealkylation sites (tertiary alicyclic amines) is 1. The number of carbonyl (C=O) groups is 2. The Morgan fingerprint density at radius 1 is 1.30 bits per heavy atom. The van der Waals surface area contributed by atoms with Crippen LogP contribution >= 0.6 is 15.9 Å². The summed E-state index contributed by atoms with van der Waals surface area (Å²) >= 11 is 3.30. The van der Waals surface area contributed by atoms with Gasteiger partial charge < -0.3 is 9.74 Å². The zero-order valence-electron chi connectivity index (χ0n) is 11.1. The Kier molecular flexibility index (Phi) is 4.89. The highest BCUT2D eigenvalue weighted by Gasteiger charge is 2.17. The Bertz CT molecular complexity index is 547. The van der Waals surface area contributed by atoms with E-state index in [1.807, 2.05) is 6.07 Å². The fraction of sp³-hybridized carbons (Fsp3) is 0.357.